The molecule has 7 nitrogen and oxygen atoms in total. The average Bonchev–Trinajstić information content (AvgIpc) is 3.27. The molecule has 7 heteroatoms. The smallest absolute Gasteiger partial charge is 0.248 e. The molecule has 0 saturated carbocycles. The van der Waals surface area contributed by atoms with E-state index >= 15 is 0 Å². The third-order valence-electron chi connectivity index (χ3n) is 5.53. The van der Waals surface area contributed by atoms with Crippen molar-refractivity contribution in [2.45, 2.75) is 19.8 Å². The molecule has 0 aliphatic carbocycles. The highest BCUT2D eigenvalue weighted by atomic mass is 16.1. The number of aryl methyl sites for hydroxylation is 3. The molecule has 5 aromatic rings. The zero-order valence-electron chi connectivity index (χ0n) is 18.1. The summed E-state index contributed by atoms with van der Waals surface area (Å²) in [6, 6.07) is 19.3. The molecule has 0 unspecified atom stereocenters. The average molecular weight is 435 g/mol. The number of H-pyrrole nitrogens is 1. The predicted octanol–water partition coefficient (Wildman–Crippen LogP) is 4.27. The van der Waals surface area contributed by atoms with Crippen LogP contribution in [0.15, 0.2) is 73.1 Å². The van der Waals surface area contributed by atoms with E-state index in [0.29, 0.717) is 12.0 Å². The molecule has 3 N–H and O–H groups in total. The molecule has 2 aromatic carbocycles. The van der Waals surface area contributed by atoms with Crippen LogP contribution in [0, 0.1) is 6.92 Å². The van der Waals surface area contributed by atoms with Crippen LogP contribution >= 0.6 is 0 Å². The number of hydrogen-bond donors (Lipinski definition) is 2. The van der Waals surface area contributed by atoms with E-state index in [9.17, 15) is 4.79 Å². The molecule has 0 spiro atoms. The Labute approximate surface area is 190 Å². The Kier molecular flexibility index (Phi) is 5.36. The highest BCUT2D eigenvalue weighted by molar-refractivity contribution is 5.92. The van der Waals surface area contributed by atoms with Gasteiger partial charge in [-0.05, 0) is 55.3 Å². The molecule has 0 radical (unpaired) electrons. The third-order valence-corrected chi connectivity index (χ3v) is 5.53. The van der Waals surface area contributed by atoms with Gasteiger partial charge in [0.1, 0.15) is 5.82 Å². The lowest BCUT2D eigenvalue weighted by Crippen LogP contribution is -2.10. The summed E-state index contributed by atoms with van der Waals surface area (Å²) in [6.45, 7) is 1.97. The van der Waals surface area contributed by atoms with E-state index in [-0.39, 0.29) is 0 Å². The number of aromatic nitrogens is 5. The van der Waals surface area contributed by atoms with Gasteiger partial charge in [-0.15, -0.1) is 0 Å². The number of nitrogens with zero attached hydrogens (tertiary/aromatic N) is 4. The van der Waals surface area contributed by atoms with Crippen molar-refractivity contribution >= 4 is 16.9 Å². The van der Waals surface area contributed by atoms with Gasteiger partial charge in [-0.25, -0.2) is 4.98 Å². The first-order chi connectivity index (χ1) is 16.1. The number of fused-ring (bicyclic) bond motifs is 1. The van der Waals surface area contributed by atoms with Crippen molar-refractivity contribution in [3.05, 3.63) is 95.7 Å². The van der Waals surface area contributed by atoms with E-state index < -0.39 is 5.91 Å². The highest BCUT2D eigenvalue weighted by Crippen LogP contribution is 2.31. The Balaban J connectivity index is 1.50. The monoisotopic (exact) mass is 434 g/mol. The molecule has 0 atom stereocenters. The number of amides is 1. The van der Waals surface area contributed by atoms with Gasteiger partial charge in [-0.3, -0.25) is 19.7 Å². The lowest BCUT2D eigenvalue weighted by molar-refractivity contribution is 0.100. The van der Waals surface area contributed by atoms with E-state index in [4.69, 9.17) is 15.7 Å². The summed E-state index contributed by atoms with van der Waals surface area (Å²) in [4.78, 5) is 33.2. The number of carbonyl (C=O) groups is 1. The highest BCUT2D eigenvalue weighted by Gasteiger charge is 2.16. The number of carbonyl (C=O) groups excluding carboxylic acids is 1. The number of benzene rings is 2. The number of primary amides is 1. The summed E-state index contributed by atoms with van der Waals surface area (Å²) in [5.41, 5.74) is 13.0. The maximum atomic E-state index is 11.3. The van der Waals surface area contributed by atoms with Gasteiger partial charge in [0.05, 0.1) is 28.1 Å². The van der Waals surface area contributed by atoms with Crippen LogP contribution < -0.4 is 5.73 Å². The normalized spacial score (nSPS) is 11.1. The van der Waals surface area contributed by atoms with Crippen molar-refractivity contribution in [1.29, 1.82) is 0 Å². The number of nitrogens with one attached hydrogen (secondary N) is 1. The van der Waals surface area contributed by atoms with Crippen molar-refractivity contribution in [3.8, 4) is 22.6 Å². The first kappa shape index (κ1) is 20.5. The van der Waals surface area contributed by atoms with Crippen molar-refractivity contribution in [1.82, 2.24) is 24.9 Å². The first-order valence-electron chi connectivity index (χ1n) is 10.7. The van der Waals surface area contributed by atoms with Crippen LogP contribution in [-0.4, -0.2) is 30.8 Å². The fourth-order valence-corrected chi connectivity index (χ4v) is 3.83. The second-order valence-electron chi connectivity index (χ2n) is 7.89. The number of aromatic amines is 1. The van der Waals surface area contributed by atoms with Crippen LogP contribution in [0.2, 0.25) is 0 Å². The Morgan fingerprint density at radius 3 is 2.45 bits per heavy atom. The Morgan fingerprint density at radius 1 is 0.909 bits per heavy atom. The Bertz CT molecular complexity index is 1460. The fourth-order valence-electron chi connectivity index (χ4n) is 3.83. The Hall–Kier alpha value is -4.39. The maximum Gasteiger partial charge on any atom is 0.248 e. The number of imidazole rings is 1. The summed E-state index contributed by atoms with van der Waals surface area (Å²) in [5.74, 6) is 0.439. The topological polar surface area (TPSA) is 110 Å². The molecule has 1 amide bonds. The third kappa shape index (κ3) is 4.34. The Morgan fingerprint density at radius 2 is 1.70 bits per heavy atom. The maximum absolute atomic E-state index is 11.3. The summed E-state index contributed by atoms with van der Waals surface area (Å²) in [6.07, 6.45) is 4.86. The van der Waals surface area contributed by atoms with Crippen LogP contribution in [0.25, 0.3) is 33.7 Å². The number of hydrogen-bond acceptors (Lipinski definition) is 5. The molecular weight excluding hydrogens is 412 g/mol. The first-order valence-corrected chi connectivity index (χ1v) is 10.7. The number of rotatable bonds is 6. The van der Waals surface area contributed by atoms with Crippen molar-refractivity contribution in [2.24, 2.45) is 5.73 Å². The molecule has 0 bridgehead atoms. The van der Waals surface area contributed by atoms with E-state index in [1.165, 1.54) is 0 Å². The van der Waals surface area contributed by atoms with Crippen molar-refractivity contribution in [2.75, 3.05) is 0 Å². The van der Waals surface area contributed by atoms with Gasteiger partial charge in [0, 0.05) is 35.6 Å². The number of pyridine rings is 1. The minimum absolute atomic E-state index is 0.424. The molecule has 0 aliphatic heterocycles. The van der Waals surface area contributed by atoms with E-state index in [1.54, 1.807) is 24.5 Å². The fraction of sp³-hybridized carbons (Fsp3) is 0.115. The summed E-state index contributed by atoms with van der Waals surface area (Å²) in [7, 11) is 0. The zero-order valence-corrected chi connectivity index (χ0v) is 18.1. The van der Waals surface area contributed by atoms with Crippen LogP contribution in [0.5, 0.6) is 0 Å². The lowest BCUT2D eigenvalue weighted by atomic mass is 10.1. The standard InChI is InChI=1S/C26H22N6O/c1-16-3-2-4-21(30-16)25-24(19-10-11-20-22(15-19)29-14-13-28-20)31-23(32-25)12-7-17-5-8-18(9-6-17)26(27)33/h2-6,8-11,13-15H,7,12H2,1H3,(H2,27,33)(H,31,32). The molecule has 0 fully saturated rings. The zero-order chi connectivity index (χ0) is 22.8. The molecule has 162 valence electrons. The van der Waals surface area contributed by atoms with Crippen LogP contribution in [0.1, 0.15) is 27.4 Å². The van der Waals surface area contributed by atoms with Gasteiger partial charge in [-0.2, -0.15) is 0 Å². The second-order valence-corrected chi connectivity index (χ2v) is 7.89. The molecule has 5 rings (SSSR count). The summed E-state index contributed by atoms with van der Waals surface area (Å²) in [5, 5.41) is 0. The van der Waals surface area contributed by atoms with Crippen molar-refractivity contribution < 1.29 is 4.79 Å². The molecule has 0 saturated heterocycles. The van der Waals surface area contributed by atoms with Crippen LogP contribution in [-0.2, 0) is 12.8 Å². The van der Waals surface area contributed by atoms with E-state index in [1.807, 2.05) is 55.5 Å². The van der Waals surface area contributed by atoms with E-state index in [0.717, 1.165) is 57.2 Å². The molecule has 3 heterocycles. The minimum atomic E-state index is -0.424. The van der Waals surface area contributed by atoms with Crippen molar-refractivity contribution in [3.63, 3.8) is 0 Å². The lowest BCUT2D eigenvalue weighted by Gasteiger charge is -2.04. The van der Waals surface area contributed by atoms with Gasteiger partial charge in [-0.1, -0.05) is 24.3 Å². The van der Waals surface area contributed by atoms with Gasteiger partial charge in [0.15, 0.2) is 0 Å². The summed E-state index contributed by atoms with van der Waals surface area (Å²) >= 11 is 0. The van der Waals surface area contributed by atoms with Gasteiger partial charge >= 0.3 is 0 Å². The van der Waals surface area contributed by atoms with Gasteiger partial charge < -0.3 is 10.7 Å². The quantitative estimate of drug-likeness (QED) is 0.415. The van der Waals surface area contributed by atoms with Crippen LogP contribution in [0.3, 0.4) is 0 Å². The van der Waals surface area contributed by atoms with Crippen LogP contribution in [0.4, 0.5) is 0 Å². The number of nitrogens with two attached hydrogens (primary N) is 1. The van der Waals surface area contributed by atoms with E-state index in [2.05, 4.69) is 15.0 Å². The second kappa shape index (κ2) is 8.63. The molecule has 33 heavy (non-hydrogen) atoms. The van der Waals surface area contributed by atoms with Gasteiger partial charge in [0.2, 0.25) is 5.91 Å². The molecule has 0 aliphatic rings. The van der Waals surface area contributed by atoms with Gasteiger partial charge in [0.25, 0.3) is 0 Å². The largest absolute Gasteiger partial charge is 0.366 e. The minimum Gasteiger partial charge on any atom is -0.366 e. The SMILES string of the molecule is Cc1cccc(-c2[nH]c(CCc3ccc(C(N)=O)cc3)nc2-c2ccc3nccnc3c2)n1. The molecule has 3 aromatic heterocycles. The predicted molar refractivity (Wildman–Crippen MR) is 127 cm³/mol. The molecular formula is C26H22N6O. The summed E-state index contributed by atoms with van der Waals surface area (Å²) < 4.78 is 0.